The molecule has 0 bridgehead atoms. The number of anilines is 1. The van der Waals surface area contributed by atoms with E-state index in [1.807, 2.05) is 0 Å². The van der Waals surface area contributed by atoms with Gasteiger partial charge in [0, 0.05) is 4.88 Å². The summed E-state index contributed by atoms with van der Waals surface area (Å²) in [6, 6.07) is 2.34. The van der Waals surface area contributed by atoms with Gasteiger partial charge >= 0.3 is 0 Å². The minimum absolute atomic E-state index is 0.0529. The molecule has 136 valence electrons. The standard InChI is InChI=1S/C19H28N4OS/c1-3-14-5-6-15-16(12-20)19(25-17(15)11-14)21-18(24)13-23-9-7-22(4-2)8-10-23/h14H,3-11,13H2,1-2H3,(H,21,24)/p+2/t14-/m1/s1. The summed E-state index contributed by atoms with van der Waals surface area (Å²) in [7, 11) is 0. The van der Waals surface area contributed by atoms with Crippen LogP contribution in [0.2, 0.25) is 0 Å². The second kappa shape index (κ2) is 8.31. The molecule has 1 saturated heterocycles. The van der Waals surface area contributed by atoms with Crippen LogP contribution >= 0.6 is 11.3 Å². The molecular weight excluding hydrogens is 332 g/mol. The third-order valence-corrected chi connectivity index (χ3v) is 7.05. The van der Waals surface area contributed by atoms with Gasteiger partial charge in [0.05, 0.1) is 12.1 Å². The largest absolute Gasteiger partial charge is 0.326 e. The third kappa shape index (κ3) is 4.22. The van der Waals surface area contributed by atoms with Crippen LogP contribution in [0.4, 0.5) is 5.00 Å². The van der Waals surface area contributed by atoms with Gasteiger partial charge < -0.3 is 15.1 Å². The van der Waals surface area contributed by atoms with Gasteiger partial charge in [-0.15, -0.1) is 11.3 Å². The van der Waals surface area contributed by atoms with E-state index in [2.05, 4.69) is 25.2 Å². The predicted molar refractivity (Wildman–Crippen MR) is 100 cm³/mol. The lowest BCUT2D eigenvalue weighted by Gasteiger charge is -2.28. The van der Waals surface area contributed by atoms with E-state index in [9.17, 15) is 10.1 Å². The molecule has 2 aliphatic rings. The second-order valence-corrected chi connectivity index (χ2v) is 8.52. The van der Waals surface area contributed by atoms with Crippen LogP contribution in [-0.2, 0) is 17.6 Å². The van der Waals surface area contributed by atoms with E-state index in [0.717, 1.165) is 61.9 Å². The van der Waals surface area contributed by atoms with Crippen LogP contribution in [-0.4, -0.2) is 45.2 Å². The Morgan fingerprint density at radius 1 is 1.28 bits per heavy atom. The van der Waals surface area contributed by atoms with Crippen molar-refractivity contribution < 1.29 is 14.6 Å². The third-order valence-electron chi connectivity index (χ3n) is 5.88. The number of hydrogen-bond acceptors (Lipinski definition) is 3. The van der Waals surface area contributed by atoms with Gasteiger partial charge in [-0.2, -0.15) is 5.26 Å². The summed E-state index contributed by atoms with van der Waals surface area (Å²) in [5.41, 5.74) is 1.91. The summed E-state index contributed by atoms with van der Waals surface area (Å²) in [6.45, 7) is 10.6. The normalized spacial score (nSPS) is 25.9. The number of hydrogen-bond donors (Lipinski definition) is 3. The molecule has 1 fully saturated rings. The summed E-state index contributed by atoms with van der Waals surface area (Å²) in [6.07, 6.45) is 4.40. The van der Waals surface area contributed by atoms with Crippen LogP contribution in [0.5, 0.6) is 0 Å². The molecule has 25 heavy (non-hydrogen) atoms. The predicted octanol–water partition coefficient (Wildman–Crippen LogP) is -0.124. The maximum atomic E-state index is 12.5. The average molecular weight is 363 g/mol. The molecule has 0 saturated carbocycles. The number of quaternary nitrogens is 2. The van der Waals surface area contributed by atoms with Crippen molar-refractivity contribution in [2.24, 2.45) is 5.92 Å². The highest BCUT2D eigenvalue weighted by molar-refractivity contribution is 7.16. The molecule has 1 aliphatic heterocycles. The number of carbonyl (C=O) groups excluding carboxylic acids is 1. The minimum atomic E-state index is 0.0529. The molecule has 0 aromatic carbocycles. The van der Waals surface area contributed by atoms with Crippen molar-refractivity contribution in [1.82, 2.24) is 0 Å². The number of nitrogens with one attached hydrogen (secondary N) is 3. The number of likely N-dealkylation sites (N-methyl/N-ethyl adjacent to an activating group) is 1. The van der Waals surface area contributed by atoms with Gasteiger partial charge in [-0.3, -0.25) is 4.79 Å². The maximum Gasteiger partial charge on any atom is 0.280 e. The fourth-order valence-electron chi connectivity index (χ4n) is 4.09. The number of fused-ring (bicyclic) bond motifs is 1. The van der Waals surface area contributed by atoms with Gasteiger partial charge in [-0.1, -0.05) is 13.3 Å². The van der Waals surface area contributed by atoms with Crippen molar-refractivity contribution in [2.75, 3.05) is 44.6 Å². The smallest absolute Gasteiger partial charge is 0.280 e. The Bertz CT molecular complexity index is 655. The number of nitriles is 1. The molecule has 1 amide bonds. The Morgan fingerprint density at radius 3 is 2.64 bits per heavy atom. The highest BCUT2D eigenvalue weighted by atomic mass is 32.1. The minimum Gasteiger partial charge on any atom is -0.326 e. The van der Waals surface area contributed by atoms with Crippen LogP contribution in [0.25, 0.3) is 0 Å². The molecule has 0 unspecified atom stereocenters. The van der Waals surface area contributed by atoms with Crippen molar-refractivity contribution in [1.29, 1.82) is 5.26 Å². The molecule has 5 nitrogen and oxygen atoms in total. The van der Waals surface area contributed by atoms with Crippen molar-refractivity contribution in [3.8, 4) is 6.07 Å². The van der Waals surface area contributed by atoms with Crippen molar-refractivity contribution in [3.63, 3.8) is 0 Å². The van der Waals surface area contributed by atoms with E-state index < -0.39 is 0 Å². The Kier molecular flexibility index (Phi) is 6.10. The molecule has 1 aromatic rings. The number of thiophene rings is 1. The first kappa shape index (κ1) is 18.4. The second-order valence-electron chi connectivity index (χ2n) is 7.42. The Hall–Kier alpha value is -1.42. The highest BCUT2D eigenvalue weighted by Gasteiger charge is 2.27. The quantitative estimate of drug-likeness (QED) is 0.684. The summed E-state index contributed by atoms with van der Waals surface area (Å²) < 4.78 is 0. The van der Waals surface area contributed by atoms with E-state index in [-0.39, 0.29) is 5.91 Å². The average Bonchev–Trinajstić information content (AvgIpc) is 2.97. The number of nitrogens with zero attached hydrogens (tertiary/aromatic N) is 1. The van der Waals surface area contributed by atoms with E-state index in [1.54, 1.807) is 16.2 Å². The van der Waals surface area contributed by atoms with E-state index in [4.69, 9.17) is 0 Å². The molecule has 3 N–H and O–H groups in total. The van der Waals surface area contributed by atoms with Crippen LogP contribution in [0.1, 0.15) is 42.7 Å². The fourth-order valence-corrected chi connectivity index (χ4v) is 5.42. The molecule has 6 heteroatoms. The number of rotatable bonds is 5. The Balaban J connectivity index is 1.62. The number of amides is 1. The first-order valence-corrected chi connectivity index (χ1v) is 10.5. The Morgan fingerprint density at radius 2 is 2.00 bits per heavy atom. The molecule has 0 radical (unpaired) electrons. The van der Waals surface area contributed by atoms with Gasteiger partial charge in [0.15, 0.2) is 6.54 Å². The lowest BCUT2D eigenvalue weighted by molar-refractivity contribution is -1.01. The molecular formula is C19H30N4OS+2. The fraction of sp³-hybridized carbons (Fsp3) is 0.684. The van der Waals surface area contributed by atoms with Gasteiger partial charge in [-0.25, -0.2) is 0 Å². The van der Waals surface area contributed by atoms with Crippen LogP contribution in [0.3, 0.4) is 0 Å². The molecule has 1 aliphatic carbocycles. The zero-order chi connectivity index (χ0) is 17.8. The molecule has 1 aromatic heterocycles. The van der Waals surface area contributed by atoms with Crippen LogP contribution in [0.15, 0.2) is 0 Å². The summed E-state index contributed by atoms with van der Waals surface area (Å²) >= 11 is 1.63. The molecule has 3 rings (SSSR count). The monoisotopic (exact) mass is 362 g/mol. The zero-order valence-electron chi connectivity index (χ0n) is 15.4. The van der Waals surface area contributed by atoms with E-state index in [0.29, 0.717) is 6.54 Å². The first-order chi connectivity index (χ1) is 12.1. The highest BCUT2D eigenvalue weighted by Crippen LogP contribution is 2.39. The lowest BCUT2D eigenvalue weighted by Crippen LogP contribution is -3.28. The first-order valence-electron chi connectivity index (χ1n) is 9.66. The number of carbonyl (C=O) groups is 1. The SMILES string of the molecule is CC[C@@H]1CCc2c(sc(NC(=O)C[NH+]3CC[NH+](CC)CC3)c2C#N)C1. The van der Waals surface area contributed by atoms with Gasteiger partial charge in [0.1, 0.15) is 37.2 Å². The maximum absolute atomic E-state index is 12.5. The van der Waals surface area contributed by atoms with Gasteiger partial charge in [-0.05, 0) is 37.7 Å². The molecule has 1 atom stereocenters. The van der Waals surface area contributed by atoms with E-state index in [1.165, 1.54) is 28.3 Å². The molecule has 2 heterocycles. The van der Waals surface area contributed by atoms with Crippen molar-refractivity contribution >= 4 is 22.2 Å². The van der Waals surface area contributed by atoms with Crippen molar-refractivity contribution in [2.45, 2.75) is 39.5 Å². The summed E-state index contributed by atoms with van der Waals surface area (Å²) in [5, 5.41) is 13.4. The van der Waals surface area contributed by atoms with Gasteiger partial charge in [0.2, 0.25) is 0 Å². The lowest BCUT2D eigenvalue weighted by atomic mass is 9.86. The van der Waals surface area contributed by atoms with Gasteiger partial charge in [0.25, 0.3) is 5.91 Å². The summed E-state index contributed by atoms with van der Waals surface area (Å²) in [4.78, 5) is 16.8. The summed E-state index contributed by atoms with van der Waals surface area (Å²) in [5.74, 6) is 0.778. The number of piperazine rings is 1. The van der Waals surface area contributed by atoms with Crippen LogP contribution < -0.4 is 15.1 Å². The Labute approximate surface area is 154 Å². The van der Waals surface area contributed by atoms with Crippen LogP contribution in [0, 0.1) is 17.2 Å². The topological polar surface area (TPSA) is 61.8 Å². The van der Waals surface area contributed by atoms with E-state index >= 15 is 0 Å². The van der Waals surface area contributed by atoms with Crippen molar-refractivity contribution in [3.05, 3.63) is 16.0 Å². The zero-order valence-corrected chi connectivity index (χ0v) is 16.2. The molecule has 0 spiro atoms.